The van der Waals surface area contributed by atoms with Gasteiger partial charge in [-0.15, -0.1) is 10.2 Å². The predicted octanol–water partition coefficient (Wildman–Crippen LogP) is 4.34. The monoisotopic (exact) mass is 392 g/mol. The molecule has 1 amide bonds. The van der Waals surface area contributed by atoms with E-state index >= 15 is 0 Å². The molecule has 3 aromatic rings. The van der Waals surface area contributed by atoms with Crippen LogP contribution in [-0.2, 0) is 17.8 Å². The number of amides is 1. The first-order valence-electron chi connectivity index (χ1n) is 9.64. The Morgan fingerprint density at radius 3 is 2.79 bits per heavy atom. The van der Waals surface area contributed by atoms with Crippen LogP contribution in [0.15, 0.2) is 53.7 Å². The van der Waals surface area contributed by atoms with E-state index in [1.807, 2.05) is 42.2 Å². The summed E-state index contributed by atoms with van der Waals surface area (Å²) in [6.07, 6.45) is 0.919. The minimum Gasteiger partial charge on any atom is -0.311 e. The molecule has 6 heteroatoms. The lowest BCUT2D eigenvalue weighted by Gasteiger charge is -2.21. The number of hydrogen-bond acceptors (Lipinski definition) is 4. The number of fused-ring (bicyclic) bond motifs is 1. The Kier molecular flexibility index (Phi) is 5.22. The molecule has 0 aliphatic carbocycles. The van der Waals surface area contributed by atoms with Crippen molar-refractivity contribution in [3.05, 3.63) is 59.7 Å². The van der Waals surface area contributed by atoms with Crippen molar-refractivity contribution in [3.8, 4) is 11.4 Å². The van der Waals surface area contributed by atoms with Crippen LogP contribution in [0.5, 0.6) is 0 Å². The number of hydrogen-bond donors (Lipinski definition) is 0. The summed E-state index contributed by atoms with van der Waals surface area (Å²) in [4.78, 5) is 15.0. The normalized spacial score (nSPS) is 14.2. The van der Waals surface area contributed by atoms with E-state index in [9.17, 15) is 4.79 Å². The highest BCUT2D eigenvalue weighted by Crippen LogP contribution is 2.32. The van der Waals surface area contributed by atoms with Crippen molar-refractivity contribution >= 4 is 23.4 Å². The lowest BCUT2D eigenvalue weighted by Crippen LogP contribution is -2.35. The number of benzene rings is 2. The number of para-hydroxylation sites is 1. The predicted molar refractivity (Wildman–Crippen MR) is 114 cm³/mol. The highest BCUT2D eigenvalue weighted by molar-refractivity contribution is 8.00. The van der Waals surface area contributed by atoms with Gasteiger partial charge in [-0.25, -0.2) is 0 Å². The maximum Gasteiger partial charge on any atom is 0.240 e. The molecule has 1 unspecified atom stereocenters. The van der Waals surface area contributed by atoms with Crippen LogP contribution in [0.1, 0.15) is 25.0 Å². The fraction of sp³-hybridized carbons (Fsp3) is 0.318. The Bertz CT molecular complexity index is 1010. The summed E-state index contributed by atoms with van der Waals surface area (Å²) in [7, 11) is 0. The second kappa shape index (κ2) is 7.80. The van der Waals surface area contributed by atoms with Gasteiger partial charge in [-0.1, -0.05) is 53.7 Å². The van der Waals surface area contributed by atoms with Gasteiger partial charge in [0.2, 0.25) is 5.91 Å². The molecule has 0 radical (unpaired) electrons. The number of thioether (sulfide) groups is 1. The van der Waals surface area contributed by atoms with Crippen LogP contribution in [0.25, 0.3) is 11.4 Å². The van der Waals surface area contributed by atoms with Gasteiger partial charge in [-0.2, -0.15) is 0 Å². The summed E-state index contributed by atoms with van der Waals surface area (Å²) < 4.78 is 2.08. The number of aryl methyl sites for hydroxylation is 1. The number of rotatable bonds is 5. The molecule has 0 fully saturated rings. The summed E-state index contributed by atoms with van der Waals surface area (Å²) in [5.74, 6) is 0.970. The smallest absolute Gasteiger partial charge is 0.240 e. The fourth-order valence-corrected chi connectivity index (χ4v) is 4.63. The number of aromatic nitrogens is 3. The van der Waals surface area contributed by atoms with Crippen LogP contribution in [0.4, 0.5) is 5.69 Å². The molecule has 1 aliphatic heterocycles. The van der Waals surface area contributed by atoms with E-state index in [0.717, 1.165) is 41.7 Å². The number of carbonyl (C=O) groups excluding carboxylic acids is 1. The number of anilines is 1. The SMILES string of the molecule is CCn1c(SC(C)C(=O)N2CCc3ccccc32)nnc1-c1cccc(C)c1. The molecule has 0 saturated carbocycles. The molecule has 28 heavy (non-hydrogen) atoms. The molecule has 1 aliphatic rings. The second-order valence-electron chi connectivity index (χ2n) is 7.05. The Labute approximate surface area is 169 Å². The van der Waals surface area contributed by atoms with Gasteiger partial charge in [0.1, 0.15) is 0 Å². The van der Waals surface area contributed by atoms with E-state index in [-0.39, 0.29) is 11.2 Å². The third kappa shape index (κ3) is 3.44. The third-order valence-corrected chi connectivity index (χ3v) is 6.16. The minimum absolute atomic E-state index is 0.123. The molecule has 4 rings (SSSR count). The topological polar surface area (TPSA) is 51.0 Å². The average Bonchev–Trinajstić information content (AvgIpc) is 3.31. The van der Waals surface area contributed by atoms with E-state index in [1.54, 1.807) is 0 Å². The number of nitrogens with zero attached hydrogens (tertiary/aromatic N) is 4. The molecular weight excluding hydrogens is 368 g/mol. The molecular formula is C22H24N4OS. The van der Waals surface area contributed by atoms with Crippen molar-refractivity contribution in [2.75, 3.05) is 11.4 Å². The quantitative estimate of drug-likeness (QED) is 0.606. The maximum absolute atomic E-state index is 13.1. The van der Waals surface area contributed by atoms with E-state index in [2.05, 4.69) is 46.8 Å². The Morgan fingerprint density at radius 1 is 1.18 bits per heavy atom. The molecule has 2 aromatic carbocycles. The summed E-state index contributed by atoms with van der Waals surface area (Å²) in [5, 5.41) is 9.36. The van der Waals surface area contributed by atoms with Crippen molar-refractivity contribution in [3.63, 3.8) is 0 Å². The highest BCUT2D eigenvalue weighted by Gasteiger charge is 2.29. The second-order valence-corrected chi connectivity index (χ2v) is 8.36. The number of carbonyl (C=O) groups is 1. The van der Waals surface area contributed by atoms with Crippen molar-refractivity contribution in [2.45, 2.75) is 44.1 Å². The molecule has 0 bridgehead atoms. The van der Waals surface area contributed by atoms with Crippen LogP contribution in [0.3, 0.4) is 0 Å². The van der Waals surface area contributed by atoms with E-state index in [4.69, 9.17) is 0 Å². The lowest BCUT2D eigenvalue weighted by molar-refractivity contribution is -0.117. The molecule has 144 valence electrons. The molecule has 1 atom stereocenters. The maximum atomic E-state index is 13.1. The zero-order valence-electron chi connectivity index (χ0n) is 16.4. The summed E-state index contributed by atoms with van der Waals surface area (Å²) in [6.45, 7) is 7.61. The largest absolute Gasteiger partial charge is 0.311 e. The van der Waals surface area contributed by atoms with Gasteiger partial charge in [-0.05, 0) is 44.9 Å². The van der Waals surface area contributed by atoms with Gasteiger partial charge in [0, 0.05) is 24.3 Å². The zero-order valence-corrected chi connectivity index (χ0v) is 17.2. The van der Waals surface area contributed by atoms with E-state index in [1.165, 1.54) is 22.9 Å². The molecule has 0 spiro atoms. The highest BCUT2D eigenvalue weighted by atomic mass is 32.2. The van der Waals surface area contributed by atoms with E-state index < -0.39 is 0 Å². The van der Waals surface area contributed by atoms with Gasteiger partial charge >= 0.3 is 0 Å². The van der Waals surface area contributed by atoms with Gasteiger partial charge in [0.15, 0.2) is 11.0 Å². The molecule has 1 aromatic heterocycles. The Morgan fingerprint density at radius 2 is 2.00 bits per heavy atom. The minimum atomic E-state index is -0.231. The first-order valence-corrected chi connectivity index (χ1v) is 10.5. The van der Waals surface area contributed by atoms with Gasteiger partial charge in [-0.3, -0.25) is 4.79 Å². The Hall–Kier alpha value is -2.60. The molecule has 2 heterocycles. The first-order chi connectivity index (χ1) is 13.6. The van der Waals surface area contributed by atoms with Crippen LogP contribution < -0.4 is 4.90 Å². The lowest BCUT2D eigenvalue weighted by atomic mass is 10.1. The van der Waals surface area contributed by atoms with Gasteiger partial charge in [0.25, 0.3) is 0 Å². The van der Waals surface area contributed by atoms with Crippen molar-refractivity contribution in [2.24, 2.45) is 0 Å². The van der Waals surface area contributed by atoms with Crippen LogP contribution in [0, 0.1) is 6.92 Å². The third-order valence-electron chi connectivity index (χ3n) is 5.09. The van der Waals surface area contributed by atoms with Crippen molar-refractivity contribution < 1.29 is 4.79 Å². The van der Waals surface area contributed by atoms with Crippen LogP contribution in [0.2, 0.25) is 0 Å². The van der Waals surface area contributed by atoms with Gasteiger partial charge < -0.3 is 9.47 Å². The van der Waals surface area contributed by atoms with Crippen molar-refractivity contribution in [1.29, 1.82) is 0 Å². The Balaban J connectivity index is 1.55. The van der Waals surface area contributed by atoms with Crippen LogP contribution >= 0.6 is 11.8 Å². The first kappa shape index (κ1) is 18.7. The average molecular weight is 393 g/mol. The summed E-state index contributed by atoms with van der Waals surface area (Å²) in [5.41, 5.74) is 4.52. The molecule has 0 N–H and O–H groups in total. The van der Waals surface area contributed by atoms with Crippen LogP contribution in [-0.4, -0.2) is 32.5 Å². The summed E-state index contributed by atoms with van der Waals surface area (Å²) in [6, 6.07) is 16.4. The van der Waals surface area contributed by atoms with Crippen molar-refractivity contribution in [1.82, 2.24) is 14.8 Å². The standard InChI is InChI=1S/C22H24N4OS/c1-4-25-20(18-10-7-8-15(2)14-18)23-24-22(25)28-16(3)21(27)26-13-12-17-9-5-6-11-19(17)26/h5-11,14,16H,4,12-13H2,1-3H3. The van der Waals surface area contributed by atoms with E-state index in [0.29, 0.717) is 0 Å². The zero-order chi connectivity index (χ0) is 19.7. The summed E-state index contributed by atoms with van der Waals surface area (Å²) >= 11 is 1.48. The fourth-order valence-electron chi connectivity index (χ4n) is 3.65. The van der Waals surface area contributed by atoms with Gasteiger partial charge in [0.05, 0.1) is 5.25 Å². The molecule has 0 saturated heterocycles. The molecule has 5 nitrogen and oxygen atoms in total.